The van der Waals surface area contributed by atoms with E-state index in [0.29, 0.717) is 10.9 Å². The Morgan fingerprint density at radius 2 is 1.65 bits per heavy atom. The third-order valence-electron chi connectivity index (χ3n) is 5.48. The Morgan fingerprint density at radius 3 is 2.32 bits per heavy atom. The number of nitrogens with zero attached hydrogens (tertiary/aromatic N) is 2. The van der Waals surface area contributed by atoms with Crippen LogP contribution in [0, 0.1) is 0 Å². The fourth-order valence-electron chi connectivity index (χ4n) is 3.77. The van der Waals surface area contributed by atoms with Gasteiger partial charge >= 0.3 is 0 Å². The molecule has 4 aromatic rings. The summed E-state index contributed by atoms with van der Waals surface area (Å²) < 4.78 is 10.7. The van der Waals surface area contributed by atoms with Crippen LogP contribution in [0.4, 0.5) is 10.8 Å². The second kappa shape index (κ2) is 11.0. The third kappa shape index (κ3) is 5.29. The summed E-state index contributed by atoms with van der Waals surface area (Å²) in [5.41, 5.74) is 3.61. The van der Waals surface area contributed by atoms with Gasteiger partial charge in [-0.05, 0) is 48.4 Å². The minimum absolute atomic E-state index is 0.0440. The predicted molar refractivity (Wildman–Crippen MR) is 138 cm³/mol. The molecule has 0 aliphatic rings. The number of ether oxygens (including phenoxy) is 2. The number of aryl methyl sites for hydroxylation is 1. The lowest BCUT2D eigenvalue weighted by Gasteiger charge is -2.21. The lowest BCUT2D eigenvalue weighted by atomic mass is 10.1. The summed E-state index contributed by atoms with van der Waals surface area (Å²) in [7, 11) is 3.28. The average molecular weight is 473 g/mol. The number of aromatic nitrogens is 1. The Hall–Kier alpha value is -3.64. The van der Waals surface area contributed by atoms with Crippen molar-refractivity contribution in [2.75, 3.05) is 19.1 Å². The van der Waals surface area contributed by atoms with E-state index in [9.17, 15) is 4.79 Å². The maximum absolute atomic E-state index is 13.6. The van der Waals surface area contributed by atoms with Crippen LogP contribution >= 0.6 is 11.3 Å². The summed E-state index contributed by atoms with van der Waals surface area (Å²) in [6, 6.07) is 25.2. The number of rotatable bonds is 9. The topological polar surface area (TPSA) is 51.7 Å². The molecule has 4 rings (SSSR count). The Balaban J connectivity index is 1.79. The molecule has 34 heavy (non-hydrogen) atoms. The van der Waals surface area contributed by atoms with E-state index in [1.807, 2.05) is 78.9 Å². The van der Waals surface area contributed by atoms with Crippen molar-refractivity contribution in [1.82, 2.24) is 4.98 Å². The van der Waals surface area contributed by atoms with Crippen LogP contribution in [0.3, 0.4) is 0 Å². The maximum Gasteiger partial charge on any atom is 0.237 e. The van der Waals surface area contributed by atoms with Gasteiger partial charge in [0.05, 0.1) is 32.0 Å². The number of hydrogen-bond acceptors (Lipinski definition) is 5. The highest BCUT2D eigenvalue weighted by atomic mass is 32.1. The molecule has 0 bridgehead atoms. The molecule has 0 aliphatic carbocycles. The van der Waals surface area contributed by atoms with Crippen LogP contribution in [0.15, 0.2) is 78.9 Å². The lowest BCUT2D eigenvalue weighted by Crippen LogP contribution is -2.27. The normalized spacial score (nSPS) is 10.7. The predicted octanol–water partition coefficient (Wildman–Crippen LogP) is 6.69. The number of carbonyl (C=O) groups is 1. The summed E-state index contributed by atoms with van der Waals surface area (Å²) >= 11 is 1.57. The Kier molecular flexibility index (Phi) is 7.60. The molecule has 5 nitrogen and oxygen atoms in total. The quantitative estimate of drug-likeness (QED) is 0.272. The molecular formula is C28H28N2O3S. The molecule has 1 aromatic heterocycles. The lowest BCUT2D eigenvalue weighted by molar-refractivity contribution is -0.117. The Bertz CT molecular complexity index is 1240. The number of hydrogen-bond donors (Lipinski definition) is 0. The molecule has 0 saturated carbocycles. The Labute approximate surface area is 204 Å². The summed E-state index contributed by atoms with van der Waals surface area (Å²) in [5, 5.41) is 0.656. The monoisotopic (exact) mass is 472 g/mol. The van der Waals surface area contributed by atoms with Gasteiger partial charge in [0.2, 0.25) is 5.91 Å². The van der Waals surface area contributed by atoms with E-state index in [-0.39, 0.29) is 12.3 Å². The fourth-order valence-corrected chi connectivity index (χ4v) is 4.99. The smallest absolute Gasteiger partial charge is 0.237 e. The second-order valence-corrected chi connectivity index (χ2v) is 8.90. The van der Waals surface area contributed by atoms with Gasteiger partial charge in [0.15, 0.2) is 5.13 Å². The van der Waals surface area contributed by atoms with Crippen LogP contribution in [0.2, 0.25) is 0 Å². The van der Waals surface area contributed by atoms with Crippen molar-refractivity contribution in [3.8, 4) is 22.8 Å². The molecule has 1 amide bonds. The zero-order valence-electron chi connectivity index (χ0n) is 19.7. The number of carbonyl (C=O) groups excluding carboxylic acids is 1. The van der Waals surface area contributed by atoms with Gasteiger partial charge in [0.1, 0.15) is 11.5 Å². The first kappa shape index (κ1) is 23.5. The molecule has 0 unspecified atom stereocenters. The molecule has 0 saturated heterocycles. The van der Waals surface area contributed by atoms with Crippen LogP contribution in [-0.2, 0) is 17.6 Å². The molecule has 0 N–H and O–H groups in total. The van der Waals surface area contributed by atoms with Gasteiger partial charge in [0, 0.05) is 16.5 Å². The van der Waals surface area contributed by atoms with E-state index >= 15 is 0 Å². The standard InChI is InChI=1S/C28H28N2O3S/c1-4-9-25-27(21-14-16-23(32-2)17-15-21)29-28(34-25)30(22-12-8-13-24(19-22)33-3)26(31)18-20-10-6-5-7-11-20/h5-8,10-17,19H,4,9,18H2,1-3H3. The zero-order chi connectivity index (χ0) is 23.9. The first-order chi connectivity index (χ1) is 16.6. The van der Waals surface area contributed by atoms with Crippen LogP contribution < -0.4 is 14.4 Å². The van der Waals surface area contributed by atoms with E-state index in [1.54, 1.807) is 30.5 Å². The molecule has 174 valence electrons. The third-order valence-corrected chi connectivity index (χ3v) is 6.58. The highest BCUT2D eigenvalue weighted by Gasteiger charge is 2.24. The van der Waals surface area contributed by atoms with Crippen molar-refractivity contribution in [2.24, 2.45) is 0 Å². The van der Waals surface area contributed by atoms with Crippen molar-refractivity contribution in [3.63, 3.8) is 0 Å². The van der Waals surface area contributed by atoms with Gasteiger partial charge in [-0.25, -0.2) is 4.98 Å². The first-order valence-electron chi connectivity index (χ1n) is 11.3. The van der Waals surface area contributed by atoms with E-state index in [4.69, 9.17) is 14.5 Å². The highest BCUT2D eigenvalue weighted by molar-refractivity contribution is 7.16. The molecule has 0 aliphatic heterocycles. The summed E-state index contributed by atoms with van der Waals surface area (Å²) in [4.78, 5) is 21.5. The molecule has 0 spiro atoms. The van der Waals surface area contributed by atoms with Gasteiger partial charge in [-0.3, -0.25) is 9.69 Å². The fraction of sp³-hybridized carbons (Fsp3) is 0.214. The van der Waals surface area contributed by atoms with Gasteiger partial charge in [-0.1, -0.05) is 49.7 Å². The van der Waals surface area contributed by atoms with Gasteiger partial charge in [-0.2, -0.15) is 0 Å². The Morgan fingerprint density at radius 1 is 0.912 bits per heavy atom. The van der Waals surface area contributed by atoms with Crippen molar-refractivity contribution in [1.29, 1.82) is 0 Å². The maximum atomic E-state index is 13.6. The second-order valence-electron chi connectivity index (χ2n) is 7.84. The van der Waals surface area contributed by atoms with E-state index in [0.717, 1.165) is 46.0 Å². The minimum atomic E-state index is -0.0440. The van der Waals surface area contributed by atoms with Crippen LogP contribution in [0.25, 0.3) is 11.3 Å². The van der Waals surface area contributed by atoms with Gasteiger partial charge in [0.25, 0.3) is 0 Å². The van der Waals surface area contributed by atoms with Gasteiger partial charge < -0.3 is 9.47 Å². The number of benzene rings is 3. The summed E-state index contributed by atoms with van der Waals surface area (Å²) in [5.74, 6) is 1.44. The number of methoxy groups -OCH3 is 2. The number of thiazole rings is 1. The van der Waals surface area contributed by atoms with Crippen molar-refractivity contribution in [3.05, 3.63) is 89.3 Å². The molecule has 0 fully saturated rings. The molecular weight excluding hydrogens is 444 g/mol. The van der Waals surface area contributed by atoms with Crippen molar-refractivity contribution in [2.45, 2.75) is 26.2 Å². The zero-order valence-corrected chi connectivity index (χ0v) is 20.5. The van der Waals surface area contributed by atoms with Gasteiger partial charge in [-0.15, -0.1) is 11.3 Å². The molecule has 6 heteroatoms. The number of anilines is 2. The molecule has 0 radical (unpaired) electrons. The highest BCUT2D eigenvalue weighted by Crippen LogP contribution is 2.38. The largest absolute Gasteiger partial charge is 0.497 e. The average Bonchev–Trinajstić information content (AvgIpc) is 3.28. The van der Waals surface area contributed by atoms with Crippen molar-refractivity contribution < 1.29 is 14.3 Å². The summed E-state index contributed by atoms with van der Waals surface area (Å²) in [6.45, 7) is 2.15. The SMILES string of the molecule is CCCc1sc(N(C(=O)Cc2ccccc2)c2cccc(OC)c2)nc1-c1ccc(OC)cc1. The molecule has 3 aromatic carbocycles. The van der Waals surface area contributed by atoms with Crippen LogP contribution in [-0.4, -0.2) is 25.1 Å². The van der Waals surface area contributed by atoms with E-state index < -0.39 is 0 Å². The van der Waals surface area contributed by atoms with Crippen LogP contribution in [0.5, 0.6) is 11.5 Å². The number of amides is 1. The first-order valence-corrected chi connectivity index (χ1v) is 12.1. The summed E-state index contributed by atoms with van der Waals surface area (Å²) in [6.07, 6.45) is 2.15. The van der Waals surface area contributed by atoms with Crippen molar-refractivity contribution >= 4 is 28.1 Å². The minimum Gasteiger partial charge on any atom is -0.497 e. The van der Waals surface area contributed by atoms with Crippen LogP contribution in [0.1, 0.15) is 23.8 Å². The van der Waals surface area contributed by atoms with E-state index in [1.165, 1.54) is 0 Å². The molecule has 0 atom stereocenters. The van der Waals surface area contributed by atoms with E-state index in [2.05, 4.69) is 6.92 Å². The molecule has 1 heterocycles.